The molecule has 1 atom stereocenters. The predicted octanol–water partition coefficient (Wildman–Crippen LogP) is 3.34. The second kappa shape index (κ2) is 8.54. The van der Waals surface area contributed by atoms with Crippen LogP contribution in [0.2, 0.25) is 5.02 Å². The summed E-state index contributed by atoms with van der Waals surface area (Å²) in [6.45, 7) is 3.67. The van der Waals surface area contributed by atoms with E-state index in [-0.39, 0.29) is 15.5 Å². The summed E-state index contributed by atoms with van der Waals surface area (Å²) in [7, 11) is -3.52. The Morgan fingerprint density at radius 1 is 1.15 bits per heavy atom. The third-order valence-electron chi connectivity index (χ3n) is 3.87. The van der Waals surface area contributed by atoms with Gasteiger partial charge < -0.3 is 9.64 Å². The number of carbonyl (C=O) groups is 2. The van der Waals surface area contributed by atoms with E-state index in [1.807, 2.05) is 13.0 Å². The molecule has 27 heavy (non-hydrogen) atoms. The number of halogens is 1. The topological polar surface area (TPSA) is 80.8 Å². The number of benzene rings is 2. The zero-order valence-electron chi connectivity index (χ0n) is 15.2. The maximum absolute atomic E-state index is 12.7. The van der Waals surface area contributed by atoms with Crippen molar-refractivity contribution < 1.29 is 22.7 Å². The summed E-state index contributed by atoms with van der Waals surface area (Å²) in [4.78, 5) is 26.5. The van der Waals surface area contributed by atoms with E-state index in [4.69, 9.17) is 16.3 Å². The smallest absolute Gasteiger partial charge is 0.340 e. The van der Waals surface area contributed by atoms with Gasteiger partial charge in [-0.15, -0.1) is 0 Å². The van der Waals surface area contributed by atoms with Crippen molar-refractivity contribution in [1.29, 1.82) is 0 Å². The number of rotatable bonds is 6. The molecule has 0 spiro atoms. The molecule has 0 saturated heterocycles. The zero-order valence-corrected chi connectivity index (χ0v) is 16.8. The molecule has 0 bridgehead atoms. The number of ether oxygens (including phenoxy) is 1. The first-order valence-electron chi connectivity index (χ1n) is 8.22. The van der Waals surface area contributed by atoms with Gasteiger partial charge in [0, 0.05) is 18.5 Å². The first-order chi connectivity index (χ1) is 12.6. The number of amides is 1. The summed E-state index contributed by atoms with van der Waals surface area (Å²) in [6, 6.07) is 12.8. The van der Waals surface area contributed by atoms with Crippen molar-refractivity contribution in [2.45, 2.75) is 24.8 Å². The van der Waals surface area contributed by atoms with Gasteiger partial charge in [0.2, 0.25) is 0 Å². The Labute approximate surface area is 163 Å². The highest BCUT2D eigenvalue weighted by Gasteiger charge is 2.26. The predicted molar refractivity (Wildman–Crippen MR) is 104 cm³/mol. The highest BCUT2D eigenvalue weighted by atomic mass is 35.5. The van der Waals surface area contributed by atoms with Crippen LogP contribution >= 0.6 is 11.6 Å². The van der Waals surface area contributed by atoms with Gasteiger partial charge in [-0.05, 0) is 44.2 Å². The molecule has 0 radical (unpaired) electrons. The molecule has 1 amide bonds. The fourth-order valence-electron chi connectivity index (χ4n) is 2.46. The van der Waals surface area contributed by atoms with E-state index in [9.17, 15) is 18.0 Å². The fourth-order valence-corrected chi connectivity index (χ4v) is 3.30. The summed E-state index contributed by atoms with van der Waals surface area (Å²) in [5.41, 5.74) is 0.576. The summed E-state index contributed by atoms with van der Waals surface area (Å²) in [5.74, 6) is -1.26. The third kappa shape index (κ3) is 5.08. The lowest BCUT2D eigenvalue weighted by molar-refractivity contribution is -0.126. The molecule has 0 aliphatic rings. The van der Waals surface area contributed by atoms with Gasteiger partial charge in [0.15, 0.2) is 15.9 Å². The number of anilines is 1. The highest BCUT2D eigenvalue weighted by Crippen LogP contribution is 2.22. The van der Waals surface area contributed by atoms with Gasteiger partial charge in [-0.25, -0.2) is 13.2 Å². The monoisotopic (exact) mass is 409 g/mol. The van der Waals surface area contributed by atoms with E-state index >= 15 is 0 Å². The second-order valence-corrected chi connectivity index (χ2v) is 8.30. The Morgan fingerprint density at radius 2 is 1.78 bits per heavy atom. The molecule has 6 nitrogen and oxygen atoms in total. The molecule has 8 heteroatoms. The largest absolute Gasteiger partial charge is 0.449 e. The van der Waals surface area contributed by atoms with E-state index in [1.54, 1.807) is 24.3 Å². The molecule has 0 aliphatic heterocycles. The number of hydrogen-bond donors (Lipinski definition) is 0. The molecule has 0 saturated carbocycles. The standard InChI is InChI=1S/C19H20ClNO5S/c1-4-21(14-8-6-5-7-9-14)18(22)13(2)26-19(23)16-12-15(27(3,24)25)10-11-17(16)20/h5-13H,4H2,1-3H3/t13-/m1/s1. The maximum Gasteiger partial charge on any atom is 0.340 e. The molecule has 0 fully saturated rings. The van der Waals surface area contributed by atoms with Gasteiger partial charge >= 0.3 is 5.97 Å². The van der Waals surface area contributed by atoms with Crippen molar-refractivity contribution in [1.82, 2.24) is 0 Å². The first-order valence-corrected chi connectivity index (χ1v) is 10.5. The van der Waals surface area contributed by atoms with Crippen molar-refractivity contribution in [2.24, 2.45) is 0 Å². The SMILES string of the molecule is CCN(C(=O)[C@@H](C)OC(=O)c1cc(S(C)(=O)=O)ccc1Cl)c1ccccc1. The molecule has 2 aromatic carbocycles. The quantitative estimate of drug-likeness (QED) is 0.683. The molecule has 2 aromatic rings. The average Bonchev–Trinajstić information content (AvgIpc) is 2.62. The molecule has 144 valence electrons. The number of sulfone groups is 1. The maximum atomic E-state index is 12.7. The summed E-state index contributed by atoms with van der Waals surface area (Å²) >= 11 is 6.00. The van der Waals surface area contributed by atoms with E-state index in [0.717, 1.165) is 12.3 Å². The Balaban J connectivity index is 2.21. The van der Waals surface area contributed by atoms with Gasteiger partial charge in [-0.2, -0.15) is 0 Å². The molecular weight excluding hydrogens is 390 g/mol. The lowest BCUT2D eigenvalue weighted by Crippen LogP contribution is -2.40. The van der Waals surface area contributed by atoms with E-state index in [0.29, 0.717) is 12.2 Å². The van der Waals surface area contributed by atoms with Gasteiger partial charge in [-0.1, -0.05) is 29.8 Å². The Bertz CT molecular complexity index is 944. The fraction of sp³-hybridized carbons (Fsp3) is 0.263. The number of hydrogen-bond acceptors (Lipinski definition) is 5. The molecule has 0 N–H and O–H groups in total. The Kier molecular flexibility index (Phi) is 6.62. The lowest BCUT2D eigenvalue weighted by atomic mass is 10.2. The minimum Gasteiger partial charge on any atom is -0.449 e. The number of carbonyl (C=O) groups excluding carboxylic acids is 2. The highest BCUT2D eigenvalue weighted by molar-refractivity contribution is 7.90. The van der Waals surface area contributed by atoms with Crippen molar-refractivity contribution in [2.75, 3.05) is 17.7 Å². The molecule has 0 unspecified atom stereocenters. The van der Waals surface area contributed by atoms with Crippen LogP contribution in [-0.2, 0) is 19.4 Å². The number of esters is 1. The van der Waals surface area contributed by atoms with Crippen LogP contribution in [0, 0.1) is 0 Å². The van der Waals surface area contributed by atoms with Crippen molar-refractivity contribution in [3.05, 3.63) is 59.1 Å². The van der Waals surface area contributed by atoms with E-state index in [1.165, 1.54) is 24.0 Å². The van der Waals surface area contributed by atoms with E-state index < -0.39 is 27.8 Å². The summed E-state index contributed by atoms with van der Waals surface area (Å²) < 4.78 is 28.6. The minimum atomic E-state index is -3.52. The molecule has 0 aromatic heterocycles. The second-order valence-electron chi connectivity index (χ2n) is 5.88. The van der Waals surface area contributed by atoms with Crippen LogP contribution in [0.15, 0.2) is 53.4 Å². The Hall–Kier alpha value is -2.38. The zero-order chi connectivity index (χ0) is 20.2. The molecule has 0 heterocycles. The van der Waals surface area contributed by atoms with Crippen LogP contribution in [0.25, 0.3) is 0 Å². The summed E-state index contributed by atoms with van der Waals surface area (Å²) in [6.07, 6.45) is -0.0492. The van der Waals surface area contributed by atoms with Gasteiger partial charge in [-0.3, -0.25) is 4.79 Å². The normalized spacial score (nSPS) is 12.3. The van der Waals surface area contributed by atoms with Crippen LogP contribution in [-0.4, -0.2) is 39.2 Å². The number of likely N-dealkylation sites (N-methyl/N-ethyl adjacent to an activating group) is 1. The Morgan fingerprint density at radius 3 is 2.33 bits per heavy atom. The van der Waals surface area contributed by atoms with Crippen molar-refractivity contribution >= 4 is 39.0 Å². The third-order valence-corrected chi connectivity index (χ3v) is 5.31. The number of para-hydroxylation sites is 1. The average molecular weight is 410 g/mol. The first kappa shape index (κ1) is 20.9. The lowest BCUT2D eigenvalue weighted by Gasteiger charge is -2.24. The molecule has 0 aliphatic carbocycles. The van der Waals surface area contributed by atoms with Gasteiger partial charge in [0.05, 0.1) is 15.5 Å². The molecular formula is C19H20ClNO5S. The van der Waals surface area contributed by atoms with E-state index in [2.05, 4.69) is 0 Å². The number of nitrogens with zero attached hydrogens (tertiary/aromatic N) is 1. The minimum absolute atomic E-state index is 0.0439. The summed E-state index contributed by atoms with van der Waals surface area (Å²) in [5, 5.41) is 0.0439. The van der Waals surface area contributed by atoms with Crippen molar-refractivity contribution in [3.63, 3.8) is 0 Å². The van der Waals surface area contributed by atoms with Crippen molar-refractivity contribution in [3.8, 4) is 0 Å². The molecule has 2 rings (SSSR count). The van der Waals surface area contributed by atoms with Gasteiger partial charge in [0.25, 0.3) is 5.91 Å². The van der Waals surface area contributed by atoms with Gasteiger partial charge in [0.1, 0.15) is 0 Å². The van der Waals surface area contributed by atoms with Crippen LogP contribution in [0.4, 0.5) is 5.69 Å². The van der Waals surface area contributed by atoms with Crippen LogP contribution in [0.3, 0.4) is 0 Å². The van der Waals surface area contributed by atoms with Crippen LogP contribution in [0.1, 0.15) is 24.2 Å². The van der Waals surface area contributed by atoms with Crippen LogP contribution < -0.4 is 4.90 Å². The van der Waals surface area contributed by atoms with Crippen LogP contribution in [0.5, 0.6) is 0 Å².